The zero-order chi connectivity index (χ0) is 21.0. The lowest BCUT2D eigenvalue weighted by Gasteiger charge is -2.17. The van der Waals surface area contributed by atoms with E-state index in [1.807, 2.05) is 37.3 Å². The summed E-state index contributed by atoms with van der Waals surface area (Å²) in [5, 5.41) is 38.4. The van der Waals surface area contributed by atoms with Crippen LogP contribution in [0.5, 0.6) is 0 Å². The number of hydrogen-bond acceptors (Lipinski definition) is 5. The van der Waals surface area contributed by atoms with E-state index >= 15 is 0 Å². The molecule has 1 aromatic carbocycles. The zero-order valence-electron chi connectivity index (χ0n) is 15.8. The van der Waals surface area contributed by atoms with Crippen molar-refractivity contribution in [3.05, 3.63) is 93.5 Å². The van der Waals surface area contributed by atoms with Crippen molar-refractivity contribution in [1.29, 1.82) is 21.0 Å². The van der Waals surface area contributed by atoms with Crippen molar-refractivity contribution in [3.63, 3.8) is 0 Å². The molecule has 29 heavy (non-hydrogen) atoms. The first-order chi connectivity index (χ1) is 14.1. The minimum atomic E-state index is -0.0799. The van der Waals surface area contributed by atoms with Gasteiger partial charge in [-0.15, -0.1) is 0 Å². The number of ether oxygens (including phenoxy) is 1. The molecule has 3 rings (SSSR count). The van der Waals surface area contributed by atoms with Gasteiger partial charge in [-0.05, 0) is 48.8 Å². The van der Waals surface area contributed by atoms with E-state index < -0.39 is 0 Å². The third-order valence-electron chi connectivity index (χ3n) is 4.47. The van der Waals surface area contributed by atoms with Crippen molar-refractivity contribution in [2.24, 2.45) is 0 Å². The Morgan fingerprint density at radius 3 is 1.83 bits per heavy atom. The SMILES string of the molecule is C/C=C/C1=CC(=C2C(=C(C#N)C#N)c3ccccc3C2=C(C#N)C#N)C=C(C)O1. The van der Waals surface area contributed by atoms with Gasteiger partial charge in [-0.2, -0.15) is 21.0 Å². The molecule has 0 fully saturated rings. The highest BCUT2D eigenvalue weighted by molar-refractivity contribution is 6.13. The van der Waals surface area contributed by atoms with Gasteiger partial charge in [0.25, 0.3) is 0 Å². The van der Waals surface area contributed by atoms with Crippen molar-refractivity contribution in [1.82, 2.24) is 0 Å². The summed E-state index contributed by atoms with van der Waals surface area (Å²) < 4.78 is 5.70. The lowest BCUT2D eigenvalue weighted by molar-refractivity contribution is 0.317. The number of hydrogen-bond donors (Lipinski definition) is 0. The van der Waals surface area contributed by atoms with Crippen LogP contribution in [0.3, 0.4) is 0 Å². The lowest BCUT2D eigenvalue weighted by Crippen LogP contribution is -2.00. The average molecular weight is 374 g/mol. The minimum Gasteiger partial charge on any atom is -0.462 e. The van der Waals surface area contributed by atoms with Crippen LogP contribution in [0, 0.1) is 45.3 Å². The summed E-state index contributed by atoms with van der Waals surface area (Å²) in [4.78, 5) is 0. The highest BCUT2D eigenvalue weighted by Gasteiger charge is 2.34. The van der Waals surface area contributed by atoms with Crippen LogP contribution in [-0.2, 0) is 4.74 Å². The Bertz CT molecular complexity index is 1170. The van der Waals surface area contributed by atoms with Crippen molar-refractivity contribution < 1.29 is 4.74 Å². The fourth-order valence-electron chi connectivity index (χ4n) is 3.44. The molecule has 0 spiro atoms. The topological polar surface area (TPSA) is 104 Å². The van der Waals surface area contributed by atoms with Crippen LogP contribution in [0.4, 0.5) is 0 Å². The number of benzene rings is 1. The van der Waals surface area contributed by atoms with E-state index in [4.69, 9.17) is 4.74 Å². The molecule has 0 bridgehead atoms. The van der Waals surface area contributed by atoms with Gasteiger partial charge in [-0.25, -0.2) is 0 Å². The van der Waals surface area contributed by atoms with Gasteiger partial charge in [0.05, 0.1) is 0 Å². The molecule has 1 aliphatic carbocycles. The van der Waals surface area contributed by atoms with Crippen LogP contribution in [0.1, 0.15) is 25.0 Å². The lowest BCUT2D eigenvalue weighted by atomic mass is 9.91. The summed E-state index contributed by atoms with van der Waals surface area (Å²) in [6.07, 6.45) is 7.16. The number of allylic oxidation sites excluding steroid dienone is 11. The third kappa shape index (κ3) is 3.26. The smallest absolute Gasteiger partial charge is 0.138 e. The summed E-state index contributed by atoms with van der Waals surface area (Å²) in [6, 6.07) is 15.0. The van der Waals surface area contributed by atoms with Crippen LogP contribution >= 0.6 is 0 Å². The summed E-state index contributed by atoms with van der Waals surface area (Å²) >= 11 is 0. The Morgan fingerprint density at radius 1 is 0.862 bits per heavy atom. The number of nitriles is 4. The Balaban J connectivity index is 2.57. The van der Waals surface area contributed by atoms with E-state index in [-0.39, 0.29) is 11.1 Å². The van der Waals surface area contributed by atoms with Gasteiger partial charge < -0.3 is 4.74 Å². The van der Waals surface area contributed by atoms with Gasteiger partial charge in [0, 0.05) is 16.7 Å². The van der Waals surface area contributed by atoms with E-state index in [2.05, 4.69) is 0 Å². The van der Waals surface area contributed by atoms with Gasteiger partial charge in [0.1, 0.15) is 46.9 Å². The van der Waals surface area contributed by atoms with E-state index in [1.54, 1.807) is 49.4 Å². The predicted molar refractivity (Wildman–Crippen MR) is 107 cm³/mol. The van der Waals surface area contributed by atoms with Crippen molar-refractivity contribution in [3.8, 4) is 24.3 Å². The van der Waals surface area contributed by atoms with Gasteiger partial charge in [0.15, 0.2) is 0 Å². The molecule has 5 heteroatoms. The Morgan fingerprint density at radius 2 is 1.38 bits per heavy atom. The van der Waals surface area contributed by atoms with Crippen LogP contribution < -0.4 is 0 Å². The van der Waals surface area contributed by atoms with Gasteiger partial charge in [-0.3, -0.25) is 0 Å². The predicted octanol–water partition coefficient (Wildman–Crippen LogP) is 4.99. The maximum Gasteiger partial charge on any atom is 0.138 e. The first-order valence-electron chi connectivity index (χ1n) is 8.73. The number of fused-ring (bicyclic) bond motifs is 1. The third-order valence-corrected chi connectivity index (χ3v) is 4.47. The maximum absolute atomic E-state index is 9.59. The molecular weight excluding hydrogens is 360 g/mol. The fourth-order valence-corrected chi connectivity index (χ4v) is 3.44. The second kappa shape index (κ2) is 7.98. The Labute approximate surface area is 169 Å². The van der Waals surface area contributed by atoms with Crippen LogP contribution in [-0.4, -0.2) is 0 Å². The van der Waals surface area contributed by atoms with Crippen LogP contribution in [0.2, 0.25) is 0 Å². The molecule has 2 aliphatic rings. The van der Waals surface area contributed by atoms with E-state index in [1.165, 1.54) is 0 Å². The van der Waals surface area contributed by atoms with Gasteiger partial charge in [-0.1, -0.05) is 30.3 Å². The standard InChI is InChI=1S/C24H14N4O/c1-3-6-19-10-16(9-15(2)29-19)24-22(17(11-25)12-26)20-7-4-5-8-21(20)23(24)18(13-27)14-28/h3-10H,1-2H3/b6-3+. The summed E-state index contributed by atoms with van der Waals surface area (Å²) in [5.41, 5.74) is 3.13. The molecule has 0 aromatic heterocycles. The van der Waals surface area contributed by atoms with Crippen LogP contribution in [0.25, 0.3) is 11.1 Å². The maximum atomic E-state index is 9.59. The highest BCUT2D eigenvalue weighted by atomic mass is 16.5. The van der Waals surface area contributed by atoms with Crippen molar-refractivity contribution in [2.75, 3.05) is 0 Å². The molecule has 1 aromatic rings. The zero-order valence-corrected chi connectivity index (χ0v) is 15.8. The molecule has 1 aliphatic heterocycles. The van der Waals surface area contributed by atoms with Gasteiger partial charge in [0.2, 0.25) is 0 Å². The van der Waals surface area contributed by atoms with E-state index in [0.29, 0.717) is 44.9 Å². The van der Waals surface area contributed by atoms with Crippen molar-refractivity contribution >= 4 is 11.1 Å². The normalized spacial score (nSPS) is 14.7. The molecule has 0 atom stereocenters. The first-order valence-corrected chi connectivity index (χ1v) is 8.73. The second-order valence-corrected chi connectivity index (χ2v) is 6.23. The molecule has 0 saturated carbocycles. The molecule has 0 unspecified atom stereocenters. The fraction of sp³-hybridized carbons (Fsp3) is 0.0833. The molecule has 136 valence electrons. The minimum absolute atomic E-state index is 0.0799. The Hall–Kier alpha value is -4.58. The largest absolute Gasteiger partial charge is 0.462 e. The number of rotatable bonds is 1. The van der Waals surface area contributed by atoms with Crippen LogP contribution in [0.15, 0.2) is 82.4 Å². The molecule has 0 saturated heterocycles. The summed E-state index contributed by atoms with van der Waals surface area (Å²) in [7, 11) is 0. The summed E-state index contributed by atoms with van der Waals surface area (Å²) in [6.45, 7) is 3.65. The summed E-state index contributed by atoms with van der Waals surface area (Å²) in [5.74, 6) is 1.19. The van der Waals surface area contributed by atoms with E-state index in [9.17, 15) is 21.0 Å². The molecule has 0 radical (unpaired) electrons. The highest BCUT2D eigenvalue weighted by Crippen LogP contribution is 2.50. The molecule has 0 N–H and O–H groups in total. The number of nitrogens with zero attached hydrogens (tertiary/aromatic N) is 4. The second-order valence-electron chi connectivity index (χ2n) is 6.23. The van der Waals surface area contributed by atoms with E-state index in [0.717, 1.165) is 0 Å². The molecule has 0 amide bonds. The average Bonchev–Trinajstić information content (AvgIpc) is 3.05. The van der Waals surface area contributed by atoms with Crippen molar-refractivity contribution in [2.45, 2.75) is 13.8 Å². The molecular formula is C24H14N4O. The monoisotopic (exact) mass is 374 g/mol. The first kappa shape index (κ1) is 19.2. The van der Waals surface area contributed by atoms with Gasteiger partial charge >= 0.3 is 0 Å². The molecule has 5 nitrogen and oxygen atoms in total. The Kier molecular flexibility index (Phi) is 5.28. The molecule has 1 heterocycles. The quantitative estimate of drug-likeness (QED) is 0.644.